The summed E-state index contributed by atoms with van der Waals surface area (Å²) in [5.41, 5.74) is 1.80. The molecule has 1 aromatic carbocycles. The molecule has 0 unspecified atom stereocenters. The lowest BCUT2D eigenvalue weighted by Crippen LogP contribution is -2.20. The predicted octanol–water partition coefficient (Wildman–Crippen LogP) is 3.54. The average molecular weight is 258 g/mol. The number of rotatable bonds is 0. The summed E-state index contributed by atoms with van der Waals surface area (Å²) in [5, 5.41) is 2.61. The van der Waals surface area contributed by atoms with E-state index in [0.29, 0.717) is 6.61 Å². The number of fused-ring (bicyclic) bond motifs is 1. The number of carbonyl (C=O) groups excluding carboxylic acids is 1. The molecule has 1 amide bonds. The van der Waals surface area contributed by atoms with Crippen molar-refractivity contribution in [2.75, 3.05) is 5.32 Å². The van der Waals surface area contributed by atoms with Crippen molar-refractivity contribution in [3.63, 3.8) is 0 Å². The molecule has 76 valence electrons. The third-order valence-corrected chi connectivity index (χ3v) is 2.45. The Morgan fingerprint density at radius 3 is 2.86 bits per heavy atom. The van der Waals surface area contributed by atoms with Crippen LogP contribution < -0.4 is 5.32 Å². The van der Waals surface area contributed by atoms with Gasteiger partial charge in [0, 0.05) is 10.0 Å². The Hall–Kier alpha value is -1.03. The number of cyclic esters (lactones) is 1. The highest BCUT2D eigenvalue weighted by Gasteiger charge is 2.16. The number of benzene rings is 1. The molecule has 1 aliphatic heterocycles. The highest BCUT2D eigenvalue weighted by molar-refractivity contribution is 9.10. The van der Waals surface area contributed by atoms with Crippen molar-refractivity contribution in [3.05, 3.63) is 28.2 Å². The minimum atomic E-state index is -0.388. The first-order valence-corrected chi connectivity index (χ1v) is 5.28. The monoisotopic (exact) mass is 257 g/mol. The molecule has 0 fully saturated rings. The summed E-state index contributed by atoms with van der Waals surface area (Å²) in [4.78, 5) is 10.8. The zero-order valence-corrected chi connectivity index (χ0v) is 9.72. The van der Waals surface area contributed by atoms with Gasteiger partial charge in [0.1, 0.15) is 6.61 Å². The highest BCUT2D eigenvalue weighted by Crippen LogP contribution is 2.28. The minimum Gasteiger partial charge on any atom is -0.444 e. The fraction of sp³-hybridized carbons (Fsp3) is 0.300. The maximum absolute atomic E-state index is 10.8. The summed E-state index contributed by atoms with van der Waals surface area (Å²) < 4.78 is 5.76. The smallest absolute Gasteiger partial charge is 0.411 e. The van der Waals surface area contributed by atoms with Crippen LogP contribution in [-0.4, -0.2) is 6.09 Å². The Labute approximate surface area is 91.6 Å². The van der Waals surface area contributed by atoms with Gasteiger partial charge in [0.25, 0.3) is 0 Å². The standard InChI is InChI=1S/C8H6BrNO2.C2H6/c9-6-2-1-3-7-5(6)4-12-8(11)10-7;1-2/h1-3H,4H2,(H,10,11);1-2H3. The van der Waals surface area contributed by atoms with Gasteiger partial charge in [0.15, 0.2) is 0 Å². The van der Waals surface area contributed by atoms with Gasteiger partial charge < -0.3 is 4.74 Å². The topological polar surface area (TPSA) is 38.3 Å². The molecule has 0 bridgehead atoms. The lowest BCUT2D eigenvalue weighted by Gasteiger charge is -2.17. The summed E-state index contributed by atoms with van der Waals surface area (Å²) in [6, 6.07) is 5.63. The number of amides is 1. The first-order chi connectivity index (χ1) is 6.77. The molecule has 1 heterocycles. The van der Waals surface area contributed by atoms with Crippen LogP contribution in [0, 0.1) is 0 Å². The molecule has 2 rings (SSSR count). The molecule has 0 saturated heterocycles. The minimum absolute atomic E-state index is 0.336. The first-order valence-electron chi connectivity index (χ1n) is 4.48. The highest BCUT2D eigenvalue weighted by atomic mass is 79.9. The van der Waals surface area contributed by atoms with Crippen molar-refractivity contribution in [2.45, 2.75) is 20.5 Å². The number of anilines is 1. The zero-order chi connectivity index (χ0) is 10.6. The van der Waals surface area contributed by atoms with E-state index in [4.69, 9.17) is 4.74 Å². The van der Waals surface area contributed by atoms with Crippen LogP contribution in [0.2, 0.25) is 0 Å². The summed E-state index contributed by atoms with van der Waals surface area (Å²) in [6.07, 6.45) is -0.388. The van der Waals surface area contributed by atoms with Gasteiger partial charge in [-0.25, -0.2) is 4.79 Å². The molecule has 1 N–H and O–H groups in total. The Morgan fingerprint density at radius 1 is 1.43 bits per heavy atom. The van der Waals surface area contributed by atoms with E-state index in [1.54, 1.807) is 0 Å². The first kappa shape index (κ1) is 11.0. The van der Waals surface area contributed by atoms with Crippen molar-refractivity contribution < 1.29 is 9.53 Å². The molecule has 1 aliphatic rings. The Morgan fingerprint density at radius 2 is 2.14 bits per heavy atom. The van der Waals surface area contributed by atoms with E-state index >= 15 is 0 Å². The van der Waals surface area contributed by atoms with Gasteiger partial charge in [-0.05, 0) is 12.1 Å². The molecular formula is C10H12BrNO2. The van der Waals surface area contributed by atoms with Crippen molar-refractivity contribution in [2.24, 2.45) is 0 Å². The van der Waals surface area contributed by atoms with E-state index in [1.165, 1.54) is 0 Å². The van der Waals surface area contributed by atoms with Crippen molar-refractivity contribution >= 4 is 27.7 Å². The maximum Gasteiger partial charge on any atom is 0.411 e. The van der Waals surface area contributed by atoms with Gasteiger partial charge >= 0.3 is 6.09 Å². The van der Waals surface area contributed by atoms with Crippen LogP contribution in [0.5, 0.6) is 0 Å². The van der Waals surface area contributed by atoms with Crippen molar-refractivity contribution in [1.82, 2.24) is 0 Å². The lowest BCUT2D eigenvalue weighted by atomic mass is 10.2. The molecular weight excluding hydrogens is 246 g/mol. The quantitative estimate of drug-likeness (QED) is 0.772. The molecule has 0 spiro atoms. The normalized spacial score (nSPS) is 12.9. The van der Waals surface area contributed by atoms with Crippen LogP contribution >= 0.6 is 15.9 Å². The Bertz CT molecular complexity index is 339. The number of halogens is 1. The zero-order valence-electron chi connectivity index (χ0n) is 8.13. The number of nitrogens with one attached hydrogen (secondary N) is 1. The van der Waals surface area contributed by atoms with Crippen LogP contribution in [0.4, 0.5) is 10.5 Å². The molecule has 3 nitrogen and oxygen atoms in total. The van der Waals surface area contributed by atoms with Crippen LogP contribution in [0.25, 0.3) is 0 Å². The second-order valence-electron chi connectivity index (χ2n) is 2.47. The maximum atomic E-state index is 10.8. The fourth-order valence-corrected chi connectivity index (χ4v) is 1.59. The molecule has 0 aliphatic carbocycles. The number of hydrogen-bond donors (Lipinski definition) is 1. The SMILES string of the molecule is CC.O=C1Nc2cccc(Br)c2CO1. The van der Waals surface area contributed by atoms with Crippen LogP contribution in [0.15, 0.2) is 22.7 Å². The van der Waals surface area contributed by atoms with Gasteiger partial charge in [-0.1, -0.05) is 35.8 Å². The molecule has 1 aromatic rings. The molecule has 4 heteroatoms. The number of carbonyl (C=O) groups is 1. The van der Waals surface area contributed by atoms with Gasteiger partial charge in [-0.3, -0.25) is 5.32 Å². The van der Waals surface area contributed by atoms with Crippen molar-refractivity contribution in [1.29, 1.82) is 0 Å². The molecule has 0 aromatic heterocycles. The second kappa shape index (κ2) is 5.00. The average Bonchev–Trinajstić information content (AvgIpc) is 2.21. The van der Waals surface area contributed by atoms with E-state index in [2.05, 4.69) is 21.2 Å². The lowest BCUT2D eigenvalue weighted by molar-refractivity contribution is 0.151. The molecule has 0 saturated carbocycles. The summed E-state index contributed by atoms with van der Waals surface area (Å²) in [5.74, 6) is 0. The Kier molecular flexibility index (Phi) is 3.95. The Balaban J connectivity index is 0.000000461. The van der Waals surface area contributed by atoms with Gasteiger partial charge in [0.2, 0.25) is 0 Å². The third kappa shape index (κ3) is 2.26. The van der Waals surface area contributed by atoms with E-state index in [0.717, 1.165) is 15.7 Å². The van der Waals surface area contributed by atoms with E-state index in [1.807, 2.05) is 32.0 Å². The van der Waals surface area contributed by atoms with E-state index in [-0.39, 0.29) is 6.09 Å². The molecule has 14 heavy (non-hydrogen) atoms. The summed E-state index contributed by atoms with van der Waals surface area (Å²) in [7, 11) is 0. The second-order valence-corrected chi connectivity index (χ2v) is 3.32. The van der Waals surface area contributed by atoms with E-state index < -0.39 is 0 Å². The van der Waals surface area contributed by atoms with Gasteiger partial charge in [-0.2, -0.15) is 0 Å². The largest absolute Gasteiger partial charge is 0.444 e. The summed E-state index contributed by atoms with van der Waals surface area (Å²) >= 11 is 3.37. The van der Waals surface area contributed by atoms with Crippen molar-refractivity contribution in [3.8, 4) is 0 Å². The van der Waals surface area contributed by atoms with Gasteiger partial charge in [0.05, 0.1) is 5.69 Å². The van der Waals surface area contributed by atoms with Crippen LogP contribution in [-0.2, 0) is 11.3 Å². The number of ether oxygens (including phenoxy) is 1. The molecule has 0 radical (unpaired) electrons. The van der Waals surface area contributed by atoms with Gasteiger partial charge in [-0.15, -0.1) is 0 Å². The molecule has 0 atom stereocenters. The third-order valence-electron chi connectivity index (χ3n) is 1.70. The summed E-state index contributed by atoms with van der Waals surface area (Å²) in [6.45, 7) is 4.34. The predicted molar refractivity (Wildman–Crippen MR) is 59.3 cm³/mol. The van der Waals surface area contributed by atoms with E-state index in [9.17, 15) is 4.79 Å². The van der Waals surface area contributed by atoms with Crippen LogP contribution in [0.3, 0.4) is 0 Å². The number of hydrogen-bond acceptors (Lipinski definition) is 2. The van der Waals surface area contributed by atoms with Crippen LogP contribution in [0.1, 0.15) is 19.4 Å². The fourth-order valence-electron chi connectivity index (χ4n) is 1.11.